The molecule has 0 saturated heterocycles. The molecule has 0 aliphatic carbocycles. The van der Waals surface area contributed by atoms with Crippen molar-refractivity contribution in [3.05, 3.63) is 29.8 Å². The van der Waals surface area contributed by atoms with Crippen LogP contribution in [0.4, 0.5) is 5.69 Å². The number of methoxy groups -OCH3 is 2. The molecule has 0 heterocycles. The normalized spacial score (nSPS) is 10.9. The molecular formula is C13H22N2O2. The fourth-order valence-electron chi connectivity index (χ4n) is 1.51. The highest BCUT2D eigenvalue weighted by molar-refractivity contribution is 5.45. The Balaban J connectivity index is 2.37. The average molecular weight is 238 g/mol. The van der Waals surface area contributed by atoms with Crippen molar-refractivity contribution in [1.29, 1.82) is 0 Å². The average Bonchev–Trinajstić information content (AvgIpc) is 2.35. The first-order valence-electron chi connectivity index (χ1n) is 5.70. The lowest BCUT2D eigenvalue weighted by molar-refractivity contribution is -0.0989. The van der Waals surface area contributed by atoms with Gasteiger partial charge in [-0.3, -0.25) is 0 Å². The number of rotatable bonds is 7. The Hall–Kier alpha value is -1.10. The van der Waals surface area contributed by atoms with Crippen LogP contribution in [-0.2, 0) is 16.0 Å². The third-order valence-electron chi connectivity index (χ3n) is 2.62. The SMILES string of the molecule is COC(CNCc1ccc(N(C)C)cc1)OC. The monoisotopic (exact) mass is 238 g/mol. The summed E-state index contributed by atoms with van der Waals surface area (Å²) >= 11 is 0. The number of ether oxygens (including phenoxy) is 2. The lowest BCUT2D eigenvalue weighted by Gasteiger charge is -2.15. The highest BCUT2D eigenvalue weighted by atomic mass is 16.7. The van der Waals surface area contributed by atoms with Gasteiger partial charge in [0.2, 0.25) is 0 Å². The summed E-state index contributed by atoms with van der Waals surface area (Å²) in [4.78, 5) is 2.09. The number of nitrogens with one attached hydrogen (secondary N) is 1. The highest BCUT2D eigenvalue weighted by Crippen LogP contribution is 2.11. The fraction of sp³-hybridized carbons (Fsp3) is 0.538. The van der Waals surface area contributed by atoms with E-state index in [1.54, 1.807) is 14.2 Å². The van der Waals surface area contributed by atoms with Crippen LogP contribution in [0.15, 0.2) is 24.3 Å². The third-order valence-corrected chi connectivity index (χ3v) is 2.62. The van der Waals surface area contributed by atoms with Crippen molar-refractivity contribution in [3.63, 3.8) is 0 Å². The predicted octanol–water partition coefficient (Wildman–Crippen LogP) is 1.46. The van der Waals surface area contributed by atoms with E-state index >= 15 is 0 Å². The van der Waals surface area contributed by atoms with Gasteiger partial charge in [-0.15, -0.1) is 0 Å². The Morgan fingerprint density at radius 2 is 1.71 bits per heavy atom. The van der Waals surface area contributed by atoms with E-state index in [9.17, 15) is 0 Å². The molecule has 1 aromatic carbocycles. The molecule has 0 saturated carbocycles. The zero-order valence-electron chi connectivity index (χ0n) is 11.1. The van der Waals surface area contributed by atoms with Crippen LogP contribution < -0.4 is 10.2 Å². The van der Waals surface area contributed by atoms with Gasteiger partial charge in [0.05, 0.1) is 0 Å². The lowest BCUT2D eigenvalue weighted by Crippen LogP contribution is -2.29. The van der Waals surface area contributed by atoms with E-state index in [-0.39, 0.29) is 6.29 Å². The van der Waals surface area contributed by atoms with E-state index < -0.39 is 0 Å². The van der Waals surface area contributed by atoms with Gasteiger partial charge in [0.15, 0.2) is 6.29 Å². The van der Waals surface area contributed by atoms with Gasteiger partial charge < -0.3 is 19.7 Å². The van der Waals surface area contributed by atoms with Crippen LogP contribution in [0.2, 0.25) is 0 Å². The van der Waals surface area contributed by atoms with Crippen molar-refractivity contribution in [3.8, 4) is 0 Å². The quantitative estimate of drug-likeness (QED) is 0.729. The van der Waals surface area contributed by atoms with E-state index in [0.717, 1.165) is 6.54 Å². The van der Waals surface area contributed by atoms with Crippen LogP contribution in [0.5, 0.6) is 0 Å². The summed E-state index contributed by atoms with van der Waals surface area (Å²) < 4.78 is 10.2. The van der Waals surface area contributed by atoms with E-state index in [4.69, 9.17) is 9.47 Å². The van der Waals surface area contributed by atoms with Crippen LogP contribution in [0.1, 0.15) is 5.56 Å². The van der Waals surface area contributed by atoms with Crippen LogP contribution in [-0.4, -0.2) is 41.1 Å². The summed E-state index contributed by atoms with van der Waals surface area (Å²) in [7, 11) is 7.35. The molecule has 0 radical (unpaired) electrons. The first-order chi connectivity index (χ1) is 8.17. The Labute approximate surface area is 104 Å². The van der Waals surface area contributed by atoms with Gasteiger partial charge in [-0.05, 0) is 17.7 Å². The molecule has 1 rings (SSSR count). The summed E-state index contributed by atoms with van der Waals surface area (Å²) in [6.07, 6.45) is -0.184. The van der Waals surface area contributed by atoms with Gasteiger partial charge in [-0.2, -0.15) is 0 Å². The second-order valence-corrected chi connectivity index (χ2v) is 4.09. The number of hydrogen-bond donors (Lipinski definition) is 1. The highest BCUT2D eigenvalue weighted by Gasteiger charge is 2.03. The third kappa shape index (κ3) is 4.73. The first-order valence-corrected chi connectivity index (χ1v) is 5.70. The molecular weight excluding hydrogens is 216 g/mol. The number of hydrogen-bond acceptors (Lipinski definition) is 4. The molecule has 0 fully saturated rings. The predicted molar refractivity (Wildman–Crippen MR) is 70.3 cm³/mol. The Morgan fingerprint density at radius 3 is 2.18 bits per heavy atom. The van der Waals surface area contributed by atoms with Gasteiger partial charge in [0, 0.05) is 47.1 Å². The number of anilines is 1. The van der Waals surface area contributed by atoms with Crippen LogP contribution in [0, 0.1) is 0 Å². The molecule has 0 spiro atoms. The molecule has 0 amide bonds. The zero-order valence-corrected chi connectivity index (χ0v) is 11.1. The van der Waals surface area contributed by atoms with Gasteiger partial charge >= 0.3 is 0 Å². The number of benzene rings is 1. The van der Waals surface area contributed by atoms with E-state index in [1.807, 2.05) is 14.1 Å². The van der Waals surface area contributed by atoms with Gasteiger partial charge in [0.25, 0.3) is 0 Å². The van der Waals surface area contributed by atoms with Gasteiger partial charge in [0.1, 0.15) is 0 Å². The minimum Gasteiger partial charge on any atom is -0.378 e. The maximum absolute atomic E-state index is 5.10. The Bertz CT molecular complexity index is 308. The molecule has 0 aliphatic heterocycles. The summed E-state index contributed by atoms with van der Waals surface area (Å²) in [6.45, 7) is 1.50. The minimum atomic E-state index is -0.184. The molecule has 17 heavy (non-hydrogen) atoms. The maximum Gasteiger partial charge on any atom is 0.169 e. The lowest BCUT2D eigenvalue weighted by atomic mass is 10.2. The second-order valence-electron chi connectivity index (χ2n) is 4.09. The van der Waals surface area contributed by atoms with Crippen molar-refractivity contribution in [2.45, 2.75) is 12.8 Å². The number of nitrogens with zero attached hydrogens (tertiary/aromatic N) is 1. The summed E-state index contributed by atoms with van der Waals surface area (Å²) in [5, 5.41) is 3.29. The van der Waals surface area contributed by atoms with Crippen LogP contribution >= 0.6 is 0 Å². The van der Waals surface area contributed by atoms with Gasteiger partial charge in [-0.1, -0.05) is 12.1 Å². The second kappa shape index (κ2) is 7.27. The molecule has 1 N–H and O–H groups in total. The maximum atomic E-state index is 5.10. The molecule has 1 aromatic rings. The Kier molecular flexibility index (Phi) is 5.97. The first kappa shape index (κ1) is 14.0. The Morgan fingerprint density at radius 1 is 1.12 bits per heavy atom. The molecule has 96 valence electrons. The molecule has 0 unspecified atom stereocenters. The summed E-state index contributed by atoms with van der Waals surface area (Å²) in [5.74, 6) is 0. The molecule has 0 aromatic heterocycles. The van der Waals surface area contributed by atoms with Crippen molar-refractivity contribution in [2.24, 2.45) is 0 Å². The smallest absolute Gasteiger partial charge is 0.169 e. The molecule has 0 aliphatic rings. The van der Waals surface area contributed by atoms with Crippen molar-refractivity contribution >= 4 is 5.69 Å². The molecule has 4 heteroatoms. The van der Waals surface area contributed by atoms with Crippen molar-refractivity contribution < 1.29 is 9.47 Å². The standard InChI is InChI=1S/C13H22N2O2/c1-15(2)12-7-5-11(6-8-12)9-14-10-13(16-3)17-4/h5-8,13-14H,9-10H2,1-4H3. The fourth-order valence-corrected chi connectivity index (χ4v) is 1.51. The summed E-state index contributed by atoms with van der Waals surface area (Å²) in [5.41, 5.74) is 2.46. The van der Waals surface area contributed by atoms with E-state index in [0.29, 0.717) is 6.54 Å². The summed E-state index contributed by atoms with van der Waals surface area (Å²) in [6, 6.07) is 8.47. The largest absolute Gasteiger partial charge is 0.378 e. The molecule has 0 atom stereocenters. The topological polar surface area (TPSA) is 33.7 Å². The van der Waals surface area contributed by atoms with Gasteiger partial charge in [-0.25, -0.2) is 0 Å². The zero-order chi connectivity index (χ0) is 12.7. The molecule has 4 nitrogen and oxygen atoms in total. The van der Waals surface area contributed by atoms with E-state index in [1.165, 1.54) is 11.3 Å². The van der Waals surface area contributed by atoms with Crippen LogP contribution in [0.25, 0.3) is 0 Å². The van der Waals surface area contributed by atoms with Crippen molar-refractivity contribution in [1.82, 2.24) is 5.32 Å². The molecule has 0 bridgehead atoms. The minimum absolute atomic E-state index is 0.184. The van der Waals surface area contributed by atoms with Crippen LogP contribution in [0.3, 0.4) is 0 Å². The van der Waals surface area contributed by atoms with E-state index in [2.05, 4.69) is 34.5 Å². The van der Waals surface area contributed by atoms with Crippen molar-refractivity contribution in [2.75, 3.05) is 39.8 Å².